The van der Waals surface area contributed by atoms with E-state index in [0.717, 1.165) is 5.56 Å². The lowest BCUT2D eigenvalue weighted by molar-refractivity contribution is -0.148. The van der Waals surface area contributed by atoms with Crippen LogP contribution in [0.3, 0.4) is 0 Å². The number of hydrogen-bond acceptors (Lipinski definition) is 6. The van der Waals surface area contributed by atoms with E-state index in [4.69, 9.17) is 9.47 Å². The molecule has 7 heteroatoms. The Kier molecular flexibility index (Phi) is 4.99. The van der Waals surface area contributed by atoms with Crippen molar-refractivity contribution in [2.75, 3.05) is 0 Å². The molecule has 188 valence electrons. The second kappa shape index (κ2) is 7.48. The van der Waals surface area contributed by atoms with Gasteiger partial charge in [-0.25, -0.2) is 0 Å². The number of carbonyl (C=O) groups is 2. The molecule has 0 bridgehead atoms. The van der Waals surface area contributed by atoms with E-state index < -0.39 is 35.2 Å². The number of amides is 1. The largest absolute Gasteiger partial charge is 0.389 e. The van der Waals surface area contributed by atoms with Crippen LogP contribution >= 0.6 is 0 Å². The van der Waals surface area contributed by atoms with Crippen LogP contribution < -0.4 is 5.32 Å². The minimum atomic E-state index is -1.73. The number of aliphatic hydroxyl groups excluding tert-OH is 1. The normalized spacial score (nSPS) is 53.3. The molecule has 1 aromatic rings. The molecule has 1 saturated carbocycles. The Morgan fingerprint density at radius 1 is 1.11 bits per heavy atom. The Balaban J connectivity index is 1.47. The van der Waals surface area contributed by atoms with Crippen LogP contribution in [0.5, 0.6) is 0 Å². The predicted octanol–water partition coefficient (Wildman–Crippen LogP) is 1.80. The molecule has 0 aromatic heterocycles. The standard InChI is InChI=1S/C28H35NO6/c1-14-9-8-12-17-23-27(4,35-23)15(2)19-18(13-16-10-6-5-7-11-16)29-25(32)28(17,19)22(31)20-24(34-20)26(3,33)21(14)30/h5-8,10-12,14-15,17-20,22-24,31,33H,9,13H2,1-4H3,(H,29,32)/b12-8+/t14-,15-,17-,18-,19-,20-,22+,23-,24+,26-,27+,28-/m0/s1. The van der Waals surface area contributed by atoms with Crippen LogP contribution in [0.1, 0.15) is 39.7 Å². The first-order valence-corrected chi connectivity index (χ1v) is 12.8. The van der Waals surface area contributed by atoms with Gasteiger partial charge in [-0.2, -0.15) is 0 Å². The fraction of sp³-hybridized carbons (Fsp3) is 0.643. The van der Waals surface area contributed by atoms with Crippen molar-refractivity contribution >= 4 is 11.7 Å². The van der Waals surface area contributed by atoms with Crippen molar-refractivity contribution in [1.29, 1.82) is 0 Å². The van der Waals surface area contributed by atoms with E-state index in [1.54, 1.807) is 6.92 Å². The Labute approximate surface area is 205 Å². The minimum Gasteiger partial charge on any atom is -0.389 e. The lowest BCUT2D eigenvalue weighted by Gasteiger charge is -2.49. The van der Waals surface area contributed by atoms with Crippen LogP contribution in [-0.2, 0) is 25.5 Å². The van der Waals surface area contributed by atoms with E-state index >= 15 is 0 Å². The number of rotatable bonds is 2. The smallest absolute Gasteiger partial charge is 0.230 e. The number of allylic oxidation sites excluding steroid dienone is 1. The van der Waals surface area contributed by atoms with Crippen molar-refractivity contribution in [3.8, 4) is 0 Å². The summed E-state index contributed by atoms with van der Waals surface area (Å²) in [6, 6.07) is 9.87. The summed E-state index contributed by atoms with van der Waals surface area (Å²) in [4.78, 5) is 27.1. The molecule has 6 rings (SSSR count). The molecule has 35 heavy (non-hydrogen) atoms. The molecule has 3 aliphatic heterocycles. The van der Waals surface area contributed by atoms with E-state index in [0.29, 0.717) is 12.8 Å². The average molecular weight is 482 g/mol. The van der Waals surface area contributed by atoms with Gasteiger partial charge in [0.25, 0.3) is 0 Å². The molecule has 4 fully saturated rings. The van der Waals surface area contributed by atoms with Crippen molar-refractivity contribution in [2.24, 2.45) is 29.1 Å². The molecule has 3 saturated heterocycles. The van der Waals surface area contributed by atoms with E-state index in [9.17, 15) is 19.8 Å². The lowest BCUT2D eigenvalue weighted by atomic mass is 9.50. The van der Waals surface area contributed by atoms with Gasteiger partial charge in [-0.1, -0.05) is 56.3 Å². The van der Waals surface area contributed by atoms with Gasteiger partial charge in [-0.3, -0.25) is 9.59 Å². The first-order chi connectivity index (χ1) is 16.5. The van der Waals surface area contributed by atoms with Gasteiger partial charge < -0.3 is 25.0 Å². The molecule has 0 unspecified atom stereocenters. The van der Waals surface area contributed by atoms with Crippen LogP contribution in [0.25, 0.3) is 0 Å². The number of hydrogen-bond donors (Lipinski definition) is 3. The summed E-state index contributed by atoms with van der Waals surface area (Å²) < 4.78 is 12.1. The van der Waals surface area contributed by atoms with Crippen LogP contribution in [-0.4, -0.2) is 63.6 Å². The van der Waals surface area contributed by atoms with Gasteiger partial charge in [-0.05, 0) is 38.2 Å². The van der Waals surface area contributed by atoms with Crippen LogP contribution in [0.15, 0.2) is 42.5 Å². The number of ether oxygens (including phenoxy) is 2. The molecule has 3 N–H and O–H groups in total. The zero-order valence-electron chi connectivity index (χ0n) is 20.7. The first-order valence-electron chi connectivity index (χ1n) is 12.8. The highest BCUT2D eigenvalue weighted by molar-refractivity contribution is 5.91. The second-order valence-corrected chi connectivity index (χ2v) is 11.8. The summed E-state index contributed by atoms with van der Waals surface area (Å²) >= 11 is 0. The molecular formula is C28H35NO6. The van der Waals surface area contributed by atoms with Crippen molar-refractivity contribution in [2.45, 2.75) is 82.2 Å². The maximum atomic E-state index is 14.0. The third-order valence-electron chi connectivity index (χ3n) is 9.86. The van der Waals surface area contributed by atoms with E-state index in [-0.39, 0.29) is 47.2 Å². The SMILES string of the molecule is C[C@H]1C/C=C/[C@H]2[C@@H]3O[C@]3(C)[C@@H](C)[C@H]3[C@H](Cc4ccccc4)NC(=O)[C@]32[C@H](O)[C@@H]2O[C@H]2[C@@](C)(O)C1=O. The van der Waals surface area contributed by atoms with Gasteiger partial charge in [0.1, 0.15) is 17.8 Å². The van der Waals surface area contributed by atoms with Crippen LogP contribution in [0.2, 0.25) is 0 Å². The lowest BCUT2D eigenvalue weighted by Crippen LogP contribution is -2.61. The van der Waals surface area contributed by atoms with Gasteiger partial charge in [0.05, 0.1) is 23.2 Å². The Morgan fingerprint density at radius 3 is 2.54 bits per heavy atom. The Bertz CT molecular complexity index is 1090. The van der Waals surface area contributed by atoms with Crippen molar-refractivity contribution in [3.63, 3.8) is 0 Å². The molecule has 7 nitrogen and oxygen atoms in total. The first kappa shape index (κ1) is 23.3. The van der Waals surface area contributed by atoms with Gasteiger partial charge in [0.15, 0.2) is 5.78 Å². The second-order valence-electron chi connectivity index (χ2n) is 11.8. The summed E-state index contributed by atoms with van der Waals surface area (Å²) in [6.07, 6.45) is 1.98. The van der Waals surface area contributed by atoms with Crippen LogP contribution in [0, 0.1) is 29.1 Å². The minimum absolute atomic E-state index is 0.00264. The molecule has 1 amide bonds. The van der Waals surface area contributed by atoms with Crippen molar-refractivity contribution < 1.29 is 29.3 Å². The zero-order chi connectivity index (χ0) is 24.9. The van der Waals surface area contributed by atoms with Gasteiger partial charge in [0.2, 0.25) is 5.91 Å². The summed E-state index contributed by atoms with van der Waals surface area (Å²) in [5.74, 6) is -1.48. The van der Waals surface area contributed by atoms with Gasteiger partial charge >= 0.3 is 0 Å². The molecule has 2 aliphatic carbocycles. The molecule has 3 heterocycles. The maximum absolute atomic E-state index is 14.0. The summed E-state index contributed by atoms with van der Waals surface area (Å²) in [7, 11) is 0. The number of epoxide rings is 2. The number of nitrogens with one attached hydrogen (secondary N) is 1. The topological polar surface area (TPSA) is 112 Å². The van der Waals surface area contributed by atoms with Crippen LogP contribution in [0.4, 0.5) is 0 Å². The van der Waals surface area contributed by atoms with Crippen molar-refractivity contribution in [1.82, 2.24) is 5.32 Å². The molecule has 5 aliphatic rings. The number of benzene rings is 1. The molecule has 12 atom stereocenters. The van der Waals surface area contributed by atoms with Crippen molar-refractivity contribution in [3.05, 3.63) is 48.0 Å². The molecule has 1 aromatic carbocycles. The number of carbonyl (C=O) groups excluding carboxylic acids is 2. The quantitative estimate of drug-likeness (QED) is 0.439. The summed E-state index contributed by atoms with van der Waals surface area (Å²) in [6.45, 7) is 7.49. The van der Waals surface area contributed by atoms with E-state index in [1.807, 2.05) is 30.4 Å². The number of Topliss-reactive ketones (excluding diaryl/α,β-unsaturated/α-hetero) is 1. The zero-order valence-corrected chi connectivity index (χ0v) is 20.7. The Hall–Kier alpha value is -2.06. The third-order valence-corrected chi connectivity index (χ3v) is 9.86. The monoisotopic (exact) mass is 481 g/mol. The highest BCUT2D eigenvalue weighted by Crippen LogP contribution is 2.68. The molecule has 0 radical (unpaired) electrons. The highest BCUT2D eigenvalue weighted by atomic mass is 16.6. The number of aliphatic hydroxyl groups is 2. The Morgan fingerprint density at radius 2 is 1.83 bits per heavy atom. The van der Waals surface area contributed by atoms with Gasteiger partial charge in [-0.15, -0.1) is 0 Å². The number of fused-ring (bicyclic) bond motifs is 3. The van der Waals surface area contributed by atoms with E-state index in [1.165, 1.54) is 6.92 Å². The highest BCUT2D eigenvalue weighted by Gasteiger charge is 2.80. The summed E-state index contributed by atoms with van der Waals surface area (Å²) in [5, 5.41) is 26.3. The third kappa shape index (κ3) is 3.05. The fourth-order valence-electron chi connectivity index (χ4n) is 7.74. The number of ketones is 1. The molecule has 1 spiro atoms. The van der Waals surface area contributed by atoms with Gasteiger partial charge in [0, 0.05) is 23.8 Å². The fourth-order valence-corrected chi connectivity index (χ4v) is 7.74. The summed E-state index contributed by atoms with van der Waals surface area (Å²) in [5.41, 5.74) is -2.18. The average Bonchev–Trinajstić information content (AvgIpc) is 3.73. The molecular weight excluding hydrogens is 446 g/mol. The predicted molar refractivity (Wildman–Crippen MR) is 127 cm³/mol. The maximum Gasteiger partial charge on any atom is 0.230 e. The van der Waals surface area contributed by atoms with E-state index in [2.05, 4.69) is 31.3 Å².